The summed E-state index contributed by atoms with van der Waals surface area (Å²) in [6.45, 7) is 0. The Kier molecular flexibility index (Phi) is 6.28. The Hall–Kier alpha value is -3.88. The van der Waals surface area contributed by atoms with E-state index in [0.717, 1.165) is 17.3 Å². The summed E-state index contributed by atoms with van der Waals surface area (Å²) in [5.41, 5.74) is 1.98. The van der Waals surface area contributed by atoms with Crippen molar-refractivity contribution in [2.24, 2.45) is 0 Å². The van der Waals surface area contributed by atoms with Gasteiger partial charge in [0, 0.05) is 44.9 Å². The molecule has 2 N–H and O–H groups in total. The number of carbonyl (C=O) groups excluding carboxylic acids is 2. The average molecular weight is 468 g/mol. The molecule has 0 spiro atoms. The molecule has 0 bridgehead atoms. The number of nitrogens with zero attached hydrogens (tertiary/aromatic N) is 2. The molecule has 0 aliphatic heterocycles. The Morgan fingerprint density at radius 1 is 0.971 bits per heavy atom. The van der Waals surface area contributed by atoms with Crippen LogP contribution in [0.4, 0.5) is 36.1 Å². The van der Waals surface area contributed by atoms with Gasteiger partial charge in [0.05, 0.1) is 22.5 Å². The smallest absolute Gasteiger partial charge is 0.354 e. The number of aryl methyl sites for hydroxylation is 1. The number of aromatic nitrogens is 1. The largest absolute Gasteiger partial charge is 0.419 e. The molecule has 0 saturated heterocycles. The first-order chi connectivity index (χ1) is 16.1. The second-order valence-electron chi connectivity index (χ2n) is 8.31. The molecule has 3 aromatic rings. The van der Waals surface area contributed by atoms with Crippen LogP contribution in [0.2, 0.25) is 0 Å². The molecule has 6 nitrogen and oxygen atoms in total. The van der Waals surface area contributed by atoms with Crippen LogP contribution in [0.3, 0.4) is 0 Å². The number of pyridine rings is 1. The van der Waals surface area contributed by atoms with Crippen molar-refractivity contribution in [2.45, 2.75) is 25.4 Å². The fraction of sp³-hybridized carbons (Fsp3) is 0.240. The summed E-state index contributed by atoms with van der Waals surface area (Å²) < 4.78 is 41.1. The predicted molar refractivity (Wildman–Crippen MR) is 124 cm³/mol. The highest BCUT2D eigenvalue weighted by molar-refractivity contribution is 6.00. The van der Waals surface area contributed by atoms with E-state index < -0.39 is 11.7 Å². The number of alkyl halides is 3. The zero-order valence-corrected chi connectivity index (χ0v) is 18.7. The minimum absolute atomic E-state index is 0.196. The molecular formula is C25H23F3N4O2. The first kappa shape index (κ1) is 23.3. The topological polar surface area (TPSA) is 74.3 Å². The molecule has 1 amide bonds. The summed E-state index contributed by atoms with van der Waals surface area (Å²) >= 11 is 0. The predicted octanol–water partition coefficient (Wildman–Crippen LogP) is 5.35. The van der Waals surface area contributed by atoms with Gasteiger partial charge in [-0.05, 0) is 41.8 Å². The molecule has 1 heterocycles. The van der Waals surface area contributed by atoms with Crippen LogP contribution in [0.25, 0.3) is 0 Å². The van der Waals surface area contributed by atoms with E-state index in [9.17, 15) is 22.8 Å². The first-order valence-corrected chi connectivity index (χ1v) is 10.7. The van der Waals surface area contributed by atoms with Gasteiger partial charge in [-0.15, -0.1) is 0 Å². The number of fused-ring (bicyclic) bond motifs is 1. The Labute approximate surface area is 194 Å². The van der Waals surface area contributed by atoms with Crippen LogP contribution in [0.15, 0.2) is 54.7 Å². The Bertz CT molecular complexity index is 1260. The summed E-state index contributed by atoms with van der Waals surface area (Å²) in [4.78, 5) is 29.5. The standard InChI is InChI=1S/C25H23F3N4O2/c1-32(2)24(34)19-5-3-4-6-21(19)31-22-13-23(29-14-20(22)25(26,27)28)30-17-9-7-16-12-18(33)10-8-15(16)11-17/h3-7,9,11,13-14H,8,10,12H2,1-2H3,(H2,29,30,31). The number of anilines is 4. The van der Waals surface area contributed by atoms with E-state index in [0.29, 0.717) is 24.9 Å². The van der Waals surface area contributed by atoms with Crippen LogP contribution < -0.4 is 10.6 Å². The normalized spacial score (nSPS) is 13.3. The van der Waals surface area contributed by atoms with E-state index in [1.54, 1.807) is 44.4 Å². The molecule has 9 heteroatoms. The van der Waals surface area contributed by atoms with E-state index in [2.05, 4.69) is 15.6 Å². The summed E-state index contributed by atoms with van der Waals surface area (Å²) in [5, 5.41) is 5.83. The third-order valence-electron chi connectivity index (χ3n) is 5.58. The lowest BCUT2D eigenvalue weighted by molar-refractivity contribution is -0.137. The number of halogens is 3. The van der Waals surface area contributed by atoms with Gasteiger partial charge in [-0.3, -0.25) is 9.59 Å². The summed E-state index contributed by atoms with van der Waals surface area (Å²) in [5.74, 6) is 0.0664. The van der Waals surface area contributed by atoms with E-state index in [4.69, 9.17) is 0 Å². The lowest BCUT2D eigenvalue weighted by Gasteiger charge is -2.19. The van der Waals surface area contributed by atoms with Crippen LogP contribution in [0.5, 0.6) is 0 Å². The van der Waals surface area contributed by atoms with Gasteiger partial charge < -0.3 is 15.5 Å². The Morgan fingerprint density at radius 2 is 1.74 bits per heavy atom. The molecule has 0 saturated carbocycles. The molecule has 2 aromatic carbocycles. The van der Waals surface area contributed by atoms with Crippen molar-refractivity contribution in [1.82, 2.24) is 9.88 Å². The Balaban J connectivity index is 1.67. The van der Waals surface area contributed by atoms with Gasteiger partial charge in [0.15, 0.2) is 0 Å². The molecule has 0 radical (unpaired) electrons. The maximum Gasteiger partial charge on any atom is 0.419 e. The van der Waals surface area contributed by atoms with Crippen molar-refractivity contribution < 1.29 is 22.8 Å². The number of para-hydroxylation sites is 1. The fourth-order valence-corrected chi connectivity index (χ4v) is 3.85. The lowest BCUT2D eigenvalue weighted by atomic mass is 9.90. The summed E-state index contributed by atoms with van der Waals surface area (Å²) in [6, 6.07) is 13.2. The van der Waals surface area contributed by atoms with Crippen LogP contribution in [0.1, 0.15) is 33.5 Å². The van der Waals surface area contributed by atoms with Crippen LogP contribution >= 0.6 is 0 Å². The third-order valence-corrected chi connectivity index (χ3v) is 5.58. The van der Waals surface area contributed by atoms with Crippen molar-refractivity contribution in [3.63, 3.8) is 0 Å². The number of amides is 1. The van der Waals surface area contributed by atoms with Gasteiger partial charge in [0.25, 0.3) is 5.91 Å². The molecule has 4 rings (SSSR count). The van der Waals surface area contributed by atoms with Gasteiger partial charge in [0.2, 0.25) is 0 Å². The minimum Gasteiger partial charge on any atom is -0.354 e. The van der Waals surface area contributed by atoms with E-state index in [1.165, 1.54) is 11.0 Å². The summed E-state index contributed by atoms with van der Waals surface area (Å²) in [6.07, 6.45) is -2.38. The highest BCUT2D eigenvalue weighted by atomic mass is 19.4. The average Bonchev–Trinajstić information content (AvgIpc) is 2.78. The summed E-state index contributed by atoms with van der Waals surface area (Å²) in [7, 11) is 3.15. The quantitative estimate of drug-likeness (QED) is 0.528. The van der Waals surface area contributed by atoms with Crippen LogP contribution in [0, 0.1) is 0 Å². The number of rotatable bonds is 5. The number of benzene rings is 2. The number of hydrogen-bond donors (Lipinski definition) is 2. The molecule has 0 atom stereocenters. The van der Waals surface area contributed by atoms with E-state index >= 15 is 0 Å². The minimum atomic E-state index is -4.65. The maximum atomic E-state index is 13.7. The van der Waals surface area contributed by atoms with E-state index in [-0.39, 0.29) is 34.4 Å². The number of ketones is 1. The monoisotopic (exact) mass is 468 g/mol. The molecule has 1 aliphatic carbocycles. The van der Waals surface area contributed by atoms with Crippen molar-refractivity contribution >= 4 is 34.6 Å². The molecule has 0 fully saturated rings. The highest BCUT2D eigenvalue weighted by Crippen LogP contribution is 2.38. The molecule has 176 valence electrons. The molecular weight excluding hydrogens is 445 g/mol. The van der Waals surface area contributed by atoms with Gasteiger partial charge in [-0.1, -0.05) is 18.2 Å². The zero-order valence-electron chi connectivity index (χ0n) is 18.7. The van der Waals surface area contributed by atoms with Crippen LogP contribution in [-0.4, -0.2) is 35.7 Å². The van der Waals surface area contributed by atoms with Gasteiger partial charge >= 0.3 is 6.18 Å². The molecule has 1 aliphatic rings. The lowest BCUT2D eigenvalue weighted by Crippen LogP contribution is -2.22. The molecule has 34 heavy (non-hydrogen) atoms. The third kappa shape index (κ3) is 5.03. The fourth-order valence-electron chi connectivity index (χ4n) is 3.85. The Morgan fingerprint density at radius 3 is 2.47 bits per heavy atom. The van der Waals surface area contributed by atoms with E-state index in [1.807, 2.05) is 12.1 Å². The maximum absolute atomic E-state index is 13.7. The van der Waals surface area contributed by atoms with Gasteiger partial charge in [-0.25, -0.2) is 4.98 Å². The number of nitrogens with one attached hydrogen (secondary N) is 2. The van der Waals surface area contributed by atoms with Crippen molar-refractivity contribution in [3.05, 3.63) is 77.0 Å². The number of Topliss-reactive ketones (excluding diaryl/α,β-unsaturated/α-hetero) is 1. The molecule has 0 unspecified atom stereocenters. The molecule has 1 aromatic heterocycles. The van der Waals surface area contributed by atoms with Gasteiger partial charge in [0.1, 0.15) is 11.6 Å². The highest BCUT2D eigenvalue weighted by Gasteiger charge is 2.34. The first-order valence-electron chi connectivity index (χ1n) is 10.7. The van der Waals surface area contributed by atoms with Crippen LogP contribution in [-0.2, 0) is 23.8 Å². The zero-order chi connectivity index (χ0) is 24.5. The second kappa shape index (κ2) is 9.17. The van der Waals surface area contributed by atoms with Crippen molar-refractivity contribution in [2.75, 3.05) is 24.7 Å². The SMILES string of the molecule is CN(C)C(=O)c1ccccc1Nc1cc(Nc2ccc3c(c2)CCC(=O)C3)ncc1C(F)(F)F. The number of hydrogen-bond acceptors (Lipinski definition) is 5. The second-order valence-corrected chi connectivity index (χ2v) is 8.31. The van der Waals surface area contributed by atoms with Crippen molar-refractivity contribution in [1.29, 1.82) is 0 Å². The van der Waals surface area contributed by atoms with Gasteiger partial charge in [-0.2, -0.15) is 13.2 Å². The number of carbonyl (C=O) groups is 2. The van der Waals surface area contributed by atoms with Crippen molar-refractivity contribution in [3.8, 4) is 0 Å².